The Balaban J connectivity index is 0.00000121. The Morgan fingerprint density at radius 3 is 0.847 bits per heavy atom. The van der Waals surface area contributed by atoms with E-state index in [9.17, 15) is 30.0 Å². The molecular weight excluding hydrogens is 4190 g/mol. The van der Waals surface area contributed by atoms with Gasteiger partial charge in [-0.25, -0.2) is 19.4 Å². The Bertz CT molecular complexity index is 11300. The third-order valence-corrected chi connectivity index (χ3v) is 730. The molecule has 10 nitrogen and oxygen atoms in total. The first kappa shape index (κ1) is 172. The fourth-order valence-electron chi connectivity index (χ4n) is 9.18. The van der Waals surface area contributed by atoms with Crippen LogP contribution in [0.15, 0.2) is 67.8 Å². The monoisotopic (exact) mass is 4210 g/mol. The molecular formula is C28H28IKO10S110. The number of aliphatic hydroxyl groups excluding tert-OH is 3. The second-order valence-corrected chi connectivity index (χ2v) is 414. The minimum absolute atomic E-state index is 0. The molecule has 0 bridgehead atoms. The number of phenolic OH excluding ortho intramolecular Hbond substituents is 1. The second-order valence-electron chi connectivity index (χ2n) is 24.5. The van der Waals surface area contributed by atoms with Crippen LogP contribution in [0.5, 0.6) is 11.5 Å². The Morgan fingerprint density at radius 1 is 0.413 bits per heavy atom. The number of phenols is 1. The van der Waals surface area contributed by atoms with E-state index in [1.54, 1.807) is 34.2 Å². The van der Waals surface area contributed by atoms with Crippen molar-refractivity contribution in [2.75, 3.05) is 13.7 Å². The summed E-state index contributed by atoms with van der Waals surface area (Å²) >= 11 is 447. The molecule has 1 aliphatic carbocycles. The van der Waals surface area contributed by atoms with E-state index in [1.165, 1.54) is 19.3 Å². The predicted molar refractivity (Wildman–Crippen MR) is 959 cm³/mol. The average molecular weight is 4220 g/mol. The molecule has 2 unspecified atom stereocenters. The molecule has 4 N–H and O–H groups in total. The van der Waals surface area contributed by atoms with Crippen LogP contribution < -0.4 is 61.7 Å². The number of carbonyl (C=O) groups excluding carboxylic acids is 1. The van der Waals surface area contributed by atoms with E-state index >= 15 is 0 Å². The summed E-state index contributed by atoms with van der Waals surface area (Å²) in [5, 5.41) is -97.9. The smallest absolute Gasteiger partial charge is 0.706 e. The van der Waals surface area contributed by atoms with Crippen molar-refractivity contribution in [3.63, 3.8) is 0 Å². The summed E-state index contributed by atoms with van der Waals surface area (Å²) in [4.78, 5) is 24.5. The van der Waals surface area contributed by atoms with Crippen LogP contribution in [0.3, 0.4) is 0 Å². The van der Waals surface area contributed by atoms with E-state index < -0.39 is 222 Å². The van der Waals surface area contributed by atoms with Gasteiger partial charge in [-0.1, -0.05) is 19.1 Å². The van der Waals surface area contributed by atoms with Crippen molar-refractivity contribution in [1.29, 1.82) is 0 Å². The predicted octanol–water partition coefficient (Wildman–Crippen LogP) is 1.57. The third-order valence-electron chi connectivity index (χ3n) is 16.2. The van der Waals surface area contributed by atoms with Crippen molar-refractivity contribution in [3.05, 3.63) is 80.3 Å². The average Bonchev–Trinajstić information content (AvgIpc) is 0.807. The first-order chi connectivity index (χ1) is 64.3. The largest absolute Gasteiger partial charge is 1.00 e. The zero-order chi connectivity index (χ0) is 120. The first-order valence-electron chi connectivity index (χ1n) is 30.4. The van der Waals surface area contributed by atoms with Crippen LogP contribution in [0.25, 0.3) is 10.8 Å². The van der Waals surface area contributed by atoms with Crippen LogP contribution in [-0.4, -0.2) is 52.0 Å². The minimum Gasteiger partial charge on any atom is -0.706 e. The molecule has 3 atom stereocenters. The number of fused-ring (bicyclic) bond motifs is 2. The number of hydrogen-bond donors (Lipinski definition) is 4. The first-order valence-corrected chi connectivity index (χ1v) is 179. The van der Waals surface area contributed by atoms with Crippen molar-refractivity contribution in [2.45, 2.75) is 45.0 Å². The number of benzene rings is 1. The van der Waals surface area contributed by atoms with Gasteiger partial charge in [0.15, 0.2) is 11.5 Å². The van der Waals surface area contributed by atoms with Crippen molar-refractivity contribution in [3.8, 4) is 11.5 Å². The van der Waals surface area contributed by atoms with Gasteiger partial charge in [-0.15, -0.1) is 0 Å². The molecule has 868 valence electrons. The quantitative estimate of drug-likeness (QED) is 0.0145. The Kier molecular flexibility index (Phi) is 64.9. The van der Waals surface area contributed by atoms with Crippen LogP contribution in [0.4, 0.5) is 0 Å². The van der Waals surface area contributed by atoms with E-state index in [-0.39, 0.29) is 97.7 Å². The number of rotatable bonds is 40. The molecule has 122 heteroatoms. The molecule has 150 heavy (non-hydrogen) atoms. The third kappa shape index (κ3) is 27.7. The molecule has 0 saturated carbocycles. The van der Waals surface area contributed by atoms with Crippen LogP contribution in [0.2, 0.25) is 0 Å². The number of allylic oxidation sites excluding steroid dienone is 2. The molecule has 0 fully saturated rings. The van der Waals surface area contributed by atoms with Crippen molar-refractivity contribution in [2.24, 2.45) is 5.92 Å². The van der Waals surface area contributed by atoms with Crippen LogP contribution >= 0.6 is 31.0 Å². The van der Waals surface area contributed by atoms with E-state index in [4.69, 9.17) is 831 Å². The van der Waals surface area contributed by atoms with Crippen molar-refractivity contribution < 1.29 is 95.2 Å². The SMILES string of the molecule is C=C(C)C1=C(/C(O)=C/CO)C(O)C2=C(C[C@]3(CCc4cc5cc(C(=O)OC)oc(=O)c5c(O)c4O3)O2)C1C.S=S(=S)(I)S(=S)(=S)S(=S)(=S)S(=S)(=S)S(=S)(=S)S(=S)(=S)S(=S)(=S)S(=S)(=S)S(=S)(=S)S(=S)(=S)S(=S)(=S)S(=S)(=S)S(=S)(=S)S(=S)(=S)S(=S)(=S)S(=S)(=S)S(=S)(=S)S(=S)(=S)S(=S)(=S)S(=S)(=S)S(=S)(=S)S(=S)(=S)S(=S)(=S)S(=S)(=S)S(=S)(=S)S(=S)(=S)S(=S)(=S)S(=S)(=S)S(=S)(=S)S(=S)(=S)S(=S)(=S)S(=S)(=S)S(=S)(=S)S(=S)(=S)S(=S)(=S)S(=S)(=S)S[S-].[K+]. The van der Waals surface area contributed by atoms with Crippen LogP contribution in [0, 0.1) is 5.92 Å². The summed E-state index contributed by atoms with van der Waals surface area (Å²) in [5.41, 5.74) is 1.94. The number of aryl methyl sites for hydroxylation is 1. The minimum atomic E-state index is -4.26. The maximum Gasteiger partial charge on any atom is 1.00 e. The number of hydrogen-bond acceptors (Lipinski definition) is 84. The molecule has 1 aromatic heterocycles. The molecule has 0 radical (unpaired) electrons. The number of carbonyl (C=O) groups is 1. The number of ether oxygens (including phenoxy) is 3. The van der Waals surface area contributed by atoms with Gasteiger partial charge in [0, 0.05) is 225 Å². The molecule has 2 aliphatic heterocycles. The van der Waals surface area contributed by atoms with E-state index in [0.29, 0.717) is 44.8 Å². The molecule has 0 saturated heterocycles. The van der Waals surface area contributed by atoms with Crippen LogP contribution in [0.1, 0.15) is 42.8 Å². The van der Waals surface area contributed by atoms with Gasteiger partial charge in [0.05, 0.1) is 20.1 Å². The van der Waals surface area contributed by atoms with E-state index in [2.05, 4.69) is 11.3 Å². The number of halogens is 1. The maximum absolute atomic E-state index is 12.7. The maximum atomic E-state index is 12.7. The summed E-state index contributed by atoms with van der Waals surface area (Å²) in [5.74, 6) is -3.06. The fourth-order valence-corrected chi connectivity index (χ4v) is 866. The number of methoxy groups -OCH3 is 1. The summed E-state index contributed by atoms with van der Waals surface area (Å²) in [6.45, 7) is 7.27. The zero-order valence-electron chi connectivity index (χ0n) is 67.4. The van der Waals surface area contributed by atoms with Gasteiger partial charge in [-0.2, -0.15) is 0 Å². The molecule has 5 rings (SSSR count). The number of esters is 1. The van der Waals surface area contributed by atoms with E-state index in [1.807, 2.05) is 6.92 Å². The Hall–Kier alpha value is 27.5. The van der Waals surface area contributed by atoms with Gasteiger partial charge in [0.2, 0.25) is 5.76 Å². The zero-order valence-corrected chi connectivity index (χ0v) is 163. The van der Waals surface area contributed by atoms with E-state index in [0.717, 1.165) is 5.57 Å². The Labute approximate surface area is 1270 Å². The van der Waals surface area contributed by atoms with Crippen molar-refractivity contribution in [1.82, 2.24) is 0 Å². The molecule has 1 spiro atoms. The van der Waals surface area contributed by atoms with Gasteiger partial charge in [-0.05, 0) is 859 Å². The summed E-state index contributed by atoms with van der Waals surface area (Å²) in [6.07, 6.45) is 0.897. The fraction of sp³-hybridized carbons (Fsp3) is 0.357. The van der Waals surface area contributed by atoms with Gasteiger partial charge in [0.25, 0.3) is 5.79 Å². The number of aliphatic hydroxyl groups is 3. The molecule has 1 aromatic carbocycles. The topological polar surface area (TPSA) is 156 Å². The summed E-state index contributed by atoms with van der Waals surface area (Å²) in [7, 11) is 1.75. The van der Waals surface area contributed by atoms with Crippen molar-refractivity contribution >= 4 is 1050 Å². The molecule has 3 aliphatic rings. The van der Waals surface area contributed by atoms with Crippen LogP contribution in [-0.2, 0) is 1020 Å². The summed E-state index contributed by atoms with van der Waals surface area (Å²) in [6, 6.07) is 2.98. The Morgan fingerprint density at radius 2 is 0.640 bits per heavy atom. The van der Waals surface area contributed by atoms with Gasteiger partial charge in [0.1, 0.15) is 23.0 Å². The number of aromatic hydroxyl groups is 1. The molecule has 0 amide bonds. The standard InChI is InChI=1S/C28H28O10.HIS110.K/c1-12(2)19-13(3)16-11-28(38-25(16)23(32)21(19)17(30)6-8-29)7-5-14-9-15-10-18(26(33)35-4)36-27(34)20(15)22(31)24(14)37-28;1-76(3,4)78(7,8)80(11,12)82(15,16)84(19,20)86(23,24)88(27,28)90(31,32)92(35,36)94(39,40)96(43,44)98(47,48)100(51,52)102(55,56)104(59,60)106(63,64)108(67,68)110(71,72)111(73,74)109(69,70)107(65,66)105(61,62)103(57,58)101(53,54)99(49,50)97(45,46)95(41,42)93(37,38)91(33,34)89(29,30)87(25,26)85(21,22)83(17,18)81(13,14)79(9,10)77(5,6)75-2;/h6,9-10,13,23,29-32H,1,5,7-8,11H2,2-4H3;2H;/q;;+1/p-1/b17-6-;;/t13?,23?,28-;;/m0../s1. The van der Waals surface area contributed by atoms with Gasteiger partial charge < -0.3 is 50.7 Å². The van der Waals surface area contributed by atoms with Gasteiger partial charge >= 0.3 is 63.0 Å². The molecule has 3 heterocycles. The second kappa shape index (κ2) is 56.7. The van der Waals surface area contributed by atoms with Gasteiger partial charge in [-0.3, -0.25) is 0 Å². The normalized spacial score (nSPS) is 18.9. The molecule has 2 aromatic rings. The summed E-state index contributed by atoms with van der Waals surface area (Å²) < 4.78 is 19.4.